The lowest BCUT2D eigenvalue weighted by Gasteiger charge is -2.25. The molecule has 0 aliphatic carbocycles. The predicted octanol–water partition coefficient (Wildman–Crippen LogP) is 5.39. The fourth-order valence-electron chi connectivity index (χ4n) is 4.37. The van der Waals surface area contributed by atoms with Crippen molar-refractivity contribution in [3.8, 4) is 11.3 Å². The Morgan fingerprint density at radius 2 is 1.87 bits per heavy atom. The summed E-state index contributed by atoms with van der Waals surface area (Å²) < 4.78 is 20.2. The number of amides is 1. The van der Waals surface area contributed by atoms with Crippen molar-refractivity contribution >= 4 is 34.6 Å². The second-order valence-corrected chi connectivity index (χ2v) is 8.99. The first kappa shape index (κ1) is 25.0. The summed E-state index contributed by atoms with van der Waals surface area (Å²) >= 11 is 5.63. The van der Waals surface area contributed by atoms with Gasteiger partial charge in [-0.25, -0.2) is 4.39 Å². The monoisotopic (exact) mass is 531 g/mol. The molecule has 2 atom stereocenters. The fourth-order valence-corrected chi connectivity index (χ4v) is 4.70. The maximum atomic E-state index is 14.0. The molecule has 0 bridgehead atoms. The fraction of sp³-hybridized carbons (Fsp3) is 0.148. The second-order valence-electron chi connectivity index (χ2n) is 8.60. The highest BCUT2D eigenvalue weighted by molar-refractivity contribution is 7.80. The number of hydrogen-bond donors (Lipinski definition) is 2. The Labute approximate surface area is 222 Å². The number of para-hydroxylation sites is 1. The number of non-ortho nitro benzene ring substituents is 1. The van der Waals surface area contributed by atoms with E-state index in [-0.39, 0.29) is 36.3 Å². The number of pyridine rings is 1. The zero-order chi connectivity index (χ0) is 26.6. The van der Waals surface area contributed by atoms with Crippen molar-refractivity contribution in [3.05, 3.63) is 112 Å². The van der Waals surface area contributed by atoms with Gasteiger partial charge in [0.25, 0.3) is 5.69 Å². The number of benzene rings is 2. The molecule has 0 unspecified atom stereocenters. The second kappa shape index (κ2) is 10.8. The van der Waals surface area contributed by atoms with Crippen molar-refractivity contribution in [2.75, 3.05) is 11.9 Å². The van der Waals surface area contributed by atoms with Crippen LogP contribution in [-0.2, 0) is 4.79 Å². The molecule has 11 heteroatoms. The molecule has 0 saturated carbocycles. The third kappa shape index (κ3) is 5.23. The highest BCUT2D eigenvalue weighted by atomic mass is 32.1. The molecule has 1 amide bonds. The van der Waals surface area contributed by atoms with E-state index >= 15 is 0 Å². The lowest BCUT2D eigenvalue weighted by Crippen LogP contribution is -2.32. The van der Waals surface area contributed by atoms with Crippen LogP contribution in [0.4, 0.5) is 15.8 Å². The molecule has 1 fully saturated rings. The number of anilines is 1. The number of rotatable bonds is 8. The van der Waals surface area contributed by atoms with Crippen molar-refractivity contribution in [2.45, 2.75) is 18.5 Å². The standard InChI is InChI=1S/C27H22FN5O4S/c28-19-5-1-2-6-20(19)30-24(34)14-16-32-26(25(31-27(32)38)21-7-3-4-15-29-21)23-13-12-22(37-23)17-8-10-18(11-9-17)33(35)36/h1-13,15,25-26H,14,16H2,(H,30,34)(H,31,38)/t25-,26+/m1/s1. The number of thiocarbonyl (C=S) groups is 1. The Morgan fingerprint density at radius 1 is 1.11 bits per heavy atom. The third-order valence-electron chi connectivity index (χ3n) is 6.21. The summed E-state index contributed by atoms with van der Waals surface area (Å²) in [6.45, 7) is 0.244. The highest BCUT2D eigenvalue weighted by Crippen LogP contribution is 2.40. The zero-order valence-corrected chi connectivity index (χ0v) is 20.7. The number of nitrogens with one attached hydrogen (secondary N) is 2. The summed E-state index contributed by atoms with van der Waals surface area (Å²) in [4.78, 5) is 29.5. The first-order valence-electron chi connectivity index (χ1n) is 11.8. The van der Waals surface area contributed by atoms with Crippen LogP contribution < -0.4 is 10.6 Å². The molecular weight excluding hydrogens is 509 g/mol. The van der Waals surface area contributed by atoms with Crippen molar-refractivity contribution in [1.82, 2.24) is 15.2 Å². The van der Waals surface area contributed by atoms with Crippen molar-refractivity contribution < 1.29 is 18.5 Å². The Bertz CT molecular complexity index is 1480. The van der Waals surface area contributed by atoms with E-state index < -0.39 is 16.8 Å². The SMILES string of the molecule is O=C(CCN1C(=S)N[C@H](c2ccccn2)[C@@H]1c1ccc(-c2ccc([N+](=O)[O-])cc2)o1)Nc1ccccc1F. The summed E-state index contributed by atoms with van der Waals surface area (Å²) in [5, 5.41) is 17.3. The molecule has 4 aromatic rings. The van der Waals surface area contributed by atoms with E-state index in [1.54, 1.807) is 36.5 Å². The molecule has 192 valence electrons. The highest BCUT2D eigenvalue weighted by Gasteiger charge is 2.41. The van der Waals surface area contributed by atoms with Gasteiger partial charge >= 0.3 is 0 Å². The first-order chi connectivity index (χ1) is 18.4. The third-order valence-corrected chi connectivity index (χ3v) is 6.56. The molecule has 2 aromatic carbocycles. The topological polar surface area (TPSA) is 114 Å². The van der Waals surface area contributed by atoms with E-state index in [0.717, 1.165) is 5.69 Å². The number of nitrogens with zero attached hydrogens (tertiary/aromatic N) is 3. The maximum Gasteiger partial charge on any atom is 0.269 e. The molecule has 9 nitrogen and oxygen atoms in total. The molecule has 3 heterocycles. The molecule has 5 rings (SSSR count). The van der Waals surface area contributed by atoms with E-state index in [1.807, 2.05) is 29.2 Å². The van der Waals surface area contributed by atoms with Crippen LogP contribution in [0, 0.1) is 15.9 Å². The van der Waals surface area contributed by atoms with Gasteiger partial charge in [-0.15, -0.1) is 0 Å². The Kier molecular flexibility index (Phi) is 7.09. The summed E-state index contributed by atoms with van der Waals surface area (Å²) in [6.07, 6.45) is 1.74. The average molecular weight is 532 g/mol. The van der Waals surface area contributed by atoms with E-state index in [0.29, 0.717) is 22.2 Å². The van der Waals surface area contributed by atoms with E-state index in [9.17, 15) is 19.3 Å². The van der Waals surface area contributed by atoms with Crippen LogP contribution in [-0.4, -0.2) is 32.4 Å². The van der Waals surface area contributed by atoms with Gasteiger partial charge in [0.05, 0.1) is 22.3 Å². The van der Waals surface area contributed by atoms with Crippen LogP contribution in [0.1, 0.15) is 30.0 Å². The number of furan rings is 1. The lowest BCUT2D eigenvalue weighted by atomic mass is 10.0. The van der Waals surface area contributed by atoms with Gasteiger partial charge in [0.1, 0.15) is 23.4 Å². The smallest absolute Gasteiger partial charge is 0.269 e. The minimum Gasteiger partial charge on any atom is -0.459 e. The van der Waals surface area contributed by atoms with E-state index in [1.165, 1.54) is 24.3 Å². The number of halogens is 1. The molecule has 0 spiro atoms. The summed E-state index contributed by atoms with van der Waals surface area (Å²) in [6, 6.07) is 20.5. The van der Waals surface area contributed by atoms with E-state index in [4.69, 9.17) is 16.6 Å². The van der Waals surface area contributed by atoms with Crippen LogP contribution in [0.25, 0.3) is 11.3 Å². The van der Waals surface area contributed by atoms with Crippen LogP contribution in [0.5, 0.6) is 0 Å². The number of carbonyl (C=O) groups excluding carboxylic acids is 1. The molecule has 0 radical (unpaired) electrons. The van der Waals surface area contributed by atoms with Gasteiger partial charge in [0, 0.05) is 36.9 Å². The van der Waals surface area contributed by atoms with Gasteiger partial charge in [-0.05, 0) is 60.7 Å². The molecular formula is C27H22FN5O4S. The summed E-state index contributed by atoms with van der Waals surface area (Å²) in [5.41, 5.74) is 1.52. The van der Waals surface area contributed by atoms with Crippen LogP contribution in [0.15, 0.2) is 89.5 Å². The molecule has 1 saturated heterocycles. The normalized spacial score (nSPS) is 16.8. The van der Waals surface area contributed by atoms with Crippen LogP contribution >= 0.6 is 12.2 Å². The molecule has 1 aliphatic rings. The van der Waals surface area contributed by atoms with Crippen LogP contribution in [0.3, 0.4) is 0 Å². The van der Waals surface area contributed by atoms with Crippen LogP contribution in [0.2, 0.25) is 0 Å². The van der Waals surface area contributed by atoms with Gasteiger partial charge in [0.2, 0.25) is 5.91 Å². The Hall–Kier alpha value is -4.64. The molecule has 1 aliphatic heterocycles. The van der Waals surface area contributed by atoms with Gasteiger partial charge in [-0.1, -0.05) is 18.2 Å². The van der Waals surface area contributed by atoms with Gasteiger partial charge < -0.3 is 20.0 Å². The minimum atomic E-state index is -0.512. The zero-order valence-electron chi connectivity index (χ0n) is 19.9. The number of hydrogen-bond acceptors (Lipinski definition) is 6. The number of nitro groups is 1. The quantitative estimate of drug-likeness (QED) is 0.177. The van der Waals surface area contributed by atoms with E-state index in [2.05, 4.69) is 15.6 Å². The average Bonchev–Trinajstić information content (AvgIpc) is 3.54. The number of carbonyl (C=O) groups is 1. The van der Waals surface area contributed by atoms with Crippen molar-refractivity contribution in [3.63, 3.8) is 0 Å². The Balaban J connectivity index is 1.40. The maximum absolute atomic E-state index is 14.0. The minimum absolute atomic E-state index is 0.0130. The molecule has 38 heavy (non-hydrogen) atoms. The molecule has 2 N–H and O–H groups in total. The lowest BCUT2D eigenvalue weighted by molar-refractivity contribution is -0.384. The number of aromatic nitrogens is 1. The first-order valence-corrected chi connectivity index (χ1v) is 12.2. The number of nitro benzene ring substituents is 1. The largest absolute Gasteiger partial charge is 0.459 e. The molecule has 2 aromatic heterocycles. The Morgan fingerprint density at radius 3 is 2.58 bits per heavy atom. The predicted molar refractivity (Wildman–Crippen MR) is 143 cm³/mol. The van der Waals surface area contributed by atoms with Crippen molar-refractivity contribution in [2.24, 2.45) is 0 Å². The van der Waals surface area contributed by atoms with Gasteiger partial charge in [-0.2, -0.15) is 0 Å². The van der Waals surface area contributed by atoms with Gasteiger partial charge in [0.15, 0.2) is 5.11 Å². The van der Waals surface area contributed by atoms with Gasteiger partial charge in [-0.3, -0.25) is 19.9 Å². The summed E-state index contributed by atoms with van der Waals surface area (Å²) in [7, 11) is 0. The summed E-state index contributed by atoms with van der Waals surface area (Å²) in [5.74, 6) is 0.242. The van der Waals surface area contributed by atoms with Crippen molar-refractivity contribution in [1.29, 1.82) is 0 Å².